The summed E-state index contributed by atoms with van der Waals surface area (Å²) in [6, 6.07) is 3.04. The highest BCUT2D eigenvalue weighted by Gasteiger charge is 2.25. The minimum Gasteiger partial charge on any atom is -0.337 e. The lowest BCUT2D eigenvalue weighted by Gasteiger charge is -2.16. The molecule has 4 nitrogen and oxygen atoms in total. The van der Waals surface area contributed by atoms with Gasteiger partial charge in [-0.2, -0.15) is 4.39 Å². The second-order valence-corrected chi connectivity index (χ2v) is 3.90. The second kappa shape index (κ2) is 5.93. The van der Waals surface area contributed by atoms with E-state index in [9.17, 15) is 9.18 Å². The van der Waals surface area contributed by atoms with E-state index in [1.807, 2.05) is 7.05 Å². The van der Waals surface area contributed by atoms with Crippen LogP contribution in [0.25, 0.3) is 0 Å². The predicted octanol–water partition coefficient (Wildman–Crippen LogP) is 1.08. The summed E-state index contributed by atoms with van der Waals surface area (Å²) in [5.74, 6) is -0.642. The number of hydrogen-bond acceptors (Lipinski definition) is 3. The summed E-state index contributed by atoms with van der Waals surface area (Å²) < 4.78 is 12.6. The van der Waals surface area contributed by atoms with Crippen molar-refractivity contribution >= 4 is 18.3 Å². The summed E-state index contributed by atoms with van der Waals surface area (Å²) in [6.45, 7) is 1.44. The molecule has 1 aliphatic heterocycles. The Kier molecular flexibility index (Phi) is 4.84. The molecule has 0 saturated carbocycles. The Balaban J connectivity index is 0.00000144. The van der Waals surface area contributed by atoms with Gasteiger partial charge >= 0.3 is 0 Å². The maximum absolute atomic E-state index is 12.6. The summed E-state index contributed by atoms with van der Waals surface area (Å²) in [5.41, 5.74) is 0.443. The van der Waals surface area contributed by atoms with Crippen LogP contribution in [0.2, 0.25) is 0 Å². The van der Waals surface area contributed by atoms with Crippen LogP contribution in [0.4, 0.5) is 4.39 Å². The van der Waals surface area contributed by atoms with Crippen molar-refractivity contribution in [2.45, 2.75) is 12.5 Å². The number of carbonyl (C=O) groups excluding carboxylic acids is 1. The van der Waals surface area contributed by atoms with Crippen molar-refractivity contribution in [2.75, 3.05) is 20.1 Å². The van der Waals surface area contributed by atoms with Crippen LogP contribution < -0.4 is 5.32 Å². The molecule has 0 bridgehead atoms. The predicted molar refractivity (Wildman–Crippen MR) is 64.8 cm³/mol. The zero-order valence-electron chi connectivity index (χ0n) is 9.52. The first-order chi connectivity index (χ1) is 7.70. The van der Waals surface area contributed by atoms with E-state index in [0.29, 0.717) is 18.2 Å². The monoisotopic (exact) mass is 259 g/mol. The van der Waals surface area contributed by atoms with Crippen molar-refractivity contribution in [1.82, 2.24) is 15.2 Å². The average Bonchev–Trinajstić information content (AvgIpc) is 2.77. The maximum atomic E-state index is 12.6. The fourth-order valence-corrected chi connectivity index (χ4v) is 1.87. The molecular formula is C11H15ClFN3O. The van der Waals surface area contributed by atoms with Crippen molar-refractivity contribution in [3.8, 4) is 0 Å². The smallest absolute Gasteiger partial charge is 0.255 e. The largest absolute Gasteiger partial charge is 0.337 e. The summed E-state index contributed by atoms with van der Waals surface area (Å²) >= 11 is 0. The Bertz CT molecular complexity index is 385. The Hall–Kier alpha value is -1.20. The number of rotatable bonds is 2. The van der Waals surface area contributed by atoms with E-state index in [1.54, 1.807) is 4.90 Å². The highest BCUT2D eigenvalue weighted by molar-refractivity contribution is 5.94. The van der Waals surface area contributed by atoms with Crippen LogP contribution in [0.1, 0.15) is 16.8 Å². The lowest BCUT2D eigenvalue weighted by molar-refractivity contribution is 0.0789. The molecule has 6 heteroatoms. The Morgan fingerprint density at radius 3 is 2.88 bits per heavy atom. The molecule has 1 aliphatic rings. The van der Waals surface area contributed by atoms with Crippen LogP contribution in [0.15, 0.2) is 18.3 Å². The molecule has 1 N–H and O–H groups in total. The number of halogens is 2. The molecule has 0 spiro atoms. The van der Waals surface area contributed by atoms with Gasteiger partial charge in [0.1, 0.15) is 0 Å². The summed E-state index contributed by atoms with van der Waals surface area (Å²) in [5, 5.41) is 3.14. The van der Waals surface area contributed by atoms with Crippen molar-refractivity contribution in [3.63, 3.8) is 0 Å². The molecule has 1 aromatic heterocycles. The number of nitrogens with one attached hydrogen (secondary N) is 1. The topological polar surface area (TPSA) is 45.2 Å². The molecule has 2 rings (SSSR count). The molecule has 17 heavy (non-hydrogen) atoms. The highest BCUT2D eigenvalue weighted by atomic mass is 35.5. The number of hydrogen-bond donors (Lipinski definition) is 1. The molecule has 1 atom stereocenters. The molecule has 1 fully saturated rings. The van der Waals surface area contributed by atoms with E-state index in [-0.39, 0.29) is 18.3 Å². The van der Waals surface area contributed by atoms with Crippen molar-refractivity contribution in [2.24, 2.45) is 0 Å². The van der Waals surface area contributed by atoms with Gasteiger partial charge in [-0.15, -0.1) is 12.4 Å². The third-order valence-corrected chi connectivity index (χ3v) is 2.86. The average molecular weight is 260 g/mol. The third-order valence-electron chi connectivity index (χ3n) is 2.86. The summed E-state index contributed by atoms with van der Waals surface area (Å²) in [4.78, 5) is 17.2. The van der Waals surface area contributed by atoms with Crippen molar-refractivity contribution in [1.29, 1.82) is 0 Å². The van der Waals surface area contributed by atoms with Crippen LogP contribution >= 0.6 is 12.4 Å². The fourth-order valence-electron chi connectivity index (χ4n) is 1.87. The van der Waals surface area contributed by atoms with Gasteiger partial charge in [-0.25, -0.2) is 4.98 Å². The number of amides is 1. The van der Waals surface area contributed by atoms with Gasteiger partial charge in [-0.3, -0.25) is 4.79 Å². The Labute approximate surface area is 106 Å². The van der Waals surface area contributed by atoms with E-state index < -0.39 is 5.95 Å². The van der Waals surface area contributed by atoms with E-state index in [0.717, 1.165) is 13.0 Å². The summed E-state index contributed by atoms with van der Waals surface area (Å²) in [6.07, 6.45) is 2.24. The number of likely N-dealkylation sites (tertiary alicyclic amines) is 1. The normalized spacial score (nSPS) is 18.9. The second-order valence-electron chi connectivity index (χ2n) is 3.90. The molecule has 94 valence electrons. The van der Waals surface area contributed by atoms with Gasteiger partial charge in [0.25, 0.3) is 5.91 Å². The quantitative estimate of drug-likeness (QED) is 0.809. The van der Waals surface area contributed by atoms with E-state index in [2.05, 4.69) is 10.3 Å². The van der Waals surface area contributed by atoms with Gasteiger partial charge in [-0.05, 0) is 25.6 Å². The number of pyridine rings is 1. The number of likely N-dealkylation sites (N-methyl/N-ethyl adjacent to an activating group) is 1. The fraction of sp³-hybridized carbons (Fsp3) is 0.455. The Morgan fingerprint density at radius 1 is 1.59 bits per heavy atom. The Morgan fingerprint density at radius 2 is 2.35 bits per heavy atom. The van der Waals surface area contributed by atoms with Gasteiger partial charge in [-0.1, -0.05) is 0 Å². The van der Waals surface area contributed by atoms with Crippen LogP contribution in [-0.4, -0.2) is 42.0 Å². The van der Waals surface area contributed by atoms with Crippen LogP contribution in [0.5, 0.6) is 0 Å². The van der Waals surface area contributed by atoms with Crippen molar-refractivity contribution < 1.29 is 9.18 Å². The molecule has 0 aliphatic carbocycles. The summed E-state index contributed by atoms with van der Waals surface area (Å²) in [7, 11) is 1.89. The number of carbonyl (C=O) groups is 1. The van der Waals surface area contributed by atoms with E-state index in [1.165, 1.54) is 18.3 Å². The van der Waals surface area contributed by atoms with Gasteiger partial charge in [0.05, 0.1) is 5.56 Å². The lowest BCUT2D eigenvalue weighted by Crippen LogP contribution is -2.33. The molecule has 1 saturated heterocycles. The van der Waals surface area contributed by atoms with Crippen LogP contribution in [-0.2, 0) is 0 Å². The minimum absolute atomic E-state index is 0. The number of nitrogens with zero attached hydrogens (tertiary/aromatic N) is 2. The lowest BCUT2D eigenvalue weighted by atomic mass is 10.2. The molecule has 0 aromatic carbocycles. The molecular weight excluding hydrogens is 245 g/mol. The molecule has 2 heterocycles. The maximum Gasteiger partial charge on any atom is 0.255 e. The zero-order chi connectivity index (χ0) is 11.5. The molecule has 1 amide bonds. The van der Waals surface area contributed by atoms with Crippen LogP contribution in [0.3, 0.4) is 0 Å². The highest BCUT2D eigenvalue weighted by Crippen LogP contribution is 2.12. The standard InChI is InChI=1S/C11H14FN3O.ClH/c1-13-9-4-5-15(7-9)11(16)8-2-3-10(12)14-6-8;/h2-3,6,9,13H,4-5,7H2,1H3;1H/t9-;/m0./s1. The third kappa shape index (κ3) is 3.14. The molecule has 1 aromatic rings. The van der Waals surface area contributed by atoms with Gasteiger partial charge in [0.15, 0.2) is 0 Å². The molecule has 0 radical (unpaired) electrons. The van der Waals surface area contributed by atoms with Gasteiger partial charge in [0, 0.05) is 25.3 Å². The van der Waals surface area contributed by atoms with Gasteiger partial charge < -0.3 is 10.2 Å². The first-order valence-corrected chi connectivity index (χ1v) is 5.29. The first-order valence-electron chi connectivity index (χ1n) is 5.29. The van der Waals surface area contributed by atoms with E-state index in [4.69, 9.17) is 0 Å². The number of aromatic nitrogens is 1. The van der Waals surface area contributed by atoms with E-state index >= 15 is 0 Å². The SMILES string of the molecule is CN[C@H]1CCN(C(=O)c2ccc(F)nc2)C1.Cl. The van der Waals surface area contributed by atoms with Crippen LogP contribution in [0, 0.1) is 5.95 Å². The van der Waals surface area contributed by atoms with Crippen molar-refractivity contribution in [3.05, 3.63) is 29.8 Å². The zero-order valence-corrected chi connectivity index (χ0v) is 10.3. The van der Waals surface area contributed by atoms with Gasteiger partial charge in [0.2, 0.25) is 5.95 Å². The minimum atomic E-state index is -0.564. The first kappa shape index (κ1) is 13.9. The molecule has 0 unspecified atom stereocenters.